The molecule has 1 unspecified atom stereocenters. The molecule has 31 heavy (non-hydrogen) atoms. The number of allylic oxidation sites excluding steroid dienone is 1. The van der Waals surface area contributed by atoms with Crippen molar-refractivity contribution in [1.82, 2.24) is 0 Å². The molecule has 2 aliphatic rings. The number of carbonyl (C=O) groups is 2. The highest BCUT2D eigenvalue weighted by Crippen LogP contribution is 2.39. The molecule has 2 aliphatic heterocycles. The lowest BCUT2D eigenvalue weighted by atomic mass is 10.1. The Bertz CT molecular complexity index is 1010. The molecule has 0 radical (unpaired) electrons. The number of fused-ring (bicyclic) bond motifs is 1. The van der Waals surface area contributed by atoms with E-state index in [-0.39, 0.29) is 11.5 Å². The van der Waals surface area contributed by atoms with Crippen molar-refractivity contribution in [1.29, 1.82) is 0 Å². The van der Waals surface area contributed by atoms with Gasteiger partial charge in [-0.25, -0.2) is 4.79 Å². The molecule has 4 rings (SSSR count). The van der Waals surface area contributed by atoms with Gasteiger partial charge in [-0.2, -0.15) is 0 Å². The zero-order valence-electron chi connectivity index (χ0n) is 18.1. The second-order valence-electron chi connectivity index (χ2n) is 7.69. The summed E-state index contributed by atoms with van der Waals surface area (Å²) in [4.78, 5) is 27.4. The van der Waals surface area contributed by atoms with Gasteiger partial charge in [0.15, 0.2) is 11.9 Å². The molecule has 0 amide bonds. The van der Waals surface area contributed by atoms with Crippen molar-refractivity contribution in [3.8, 4) is 11.5 Å². The maximum absolute atomic E-state index is 12.8. The van der Waals surface area contributed by atoms with Gasteiger partial charge in [0.05, 0.1) is 5.56 Å². The predicted molar refractivity (Wildman–Crippen MR) is 119 cm³/mol. The van der Waals surface area contributed by atoms with E-state index in [1.54, 1.807) is 25.1 Å². The van der Waals surface area contributed by atoms with E-state index in [9.17, 15) is 9.59 Å². The van der Waals surface area contributed by atoms with E-state index in [1.807, 2.05) is 24.3 Å². The number of benzene rings is 2. The first kappa shape index (κ1) is 21.1. The first-order valence-electron chi connectivity index (χ1n) is 10.8. The molecule has 6 nitrogen and oxygen atoms in total. The number of rotatable bonds is 6. The van der Waals surface area contributed by atoms with Crippen LogP contribution in [0.25, 0.3) is 6.08 Å². The highest BCUT2D eigenvalue weighted by Gasteiger charge is 2.32. The Morgan fingerprint density at radius 1 is 1.16 bits per heavy atom. The van der Waals surface area contributed by atoms with Gasteiger partial charge in [0, 0.05) is 30.9 Å². The second kappa shape index (κ2) is 8.94. The highest BCUT2D eigenvalue weighted by molar-refractivity contribution is 6.15. The van der Waals surface area contributed by atoms with Gasteiger partial charge in [0.2, 0.25) is 5.78 Å². The van der Waals surface area contributed by atoms with E-state index < -0.39 is 12.1 Å². The van der Waals surface area contributed by atoms with Crippen LogP contribution in [0.1, 0.15) is 48.2 Å². The summed E-state index contributed by atoms with van der Waals surface area (Å²) in [5, 5.41) is 0. The molecule has 0 bridgehead atoms. The smallest absolute Gasteiger partial charge is 0.340 e. The summed E-state index contributed by atoms with van der Waals surface area (Å²) in [7, 11) is 0. The third-order valence-electron chi connectivity index (χ3n) is 5.76. The summed E-state index contributed by atoms with van der Waals surface area (Å²) in [5.41, 5.74) is 3.12. The van der Waals surface area contributed by atoms with Crippen LogP contribution in [0.3, 0.4) is 0 Å². The number of carbonyl (C=O) groups excluding carboxylic acids is 2. The van der Waals surface area contributed by atoms with Crippen LogP contribution in [-0.4, -0.2) is 37.6 Å². The molecule has 162 valence electrons. The Labute approximate surface area is 182 Å². The van der Waals surface area contributed by atoms with E-state index in [2.05, 4.69) is 18.7 Å². The Morgan fingerprint density at radius 3 is 2.55 bits per heavy atom. The quantitative estimate of drug-likeness (QED) is 0.388. The summed E-state index contributed by atoms with van der Waals surface area (Å²) in [6.45, 7) is 8.48. The van der Waals surface area contributed by atoms with E-state index >= 15 is 0 Å². The maximum Gasteiger partial charge on any atom is 0.340 e. The van der Waals surface area contributed by atoms with Crippen LogP contribution < -0.4 is 14.4 Å². The van der Waals surface area contributed by atoms with Crippen LogP contribution in [0, 0.1) is 6.92 Å². The molecule has 0 saturated carbocycles. The maximum atomic E-state index is 12.8. The number of ether oxygens (including phenoxy) is 3. The predicted octanol–water partition coefficient (Wildman–Crippen LogP) is 4.54. The van der Waals surface area contributed by atoms with Gasteiger partial charge in [-0.15, -0.1) is 0 Å². The Morgan fingerprint density at radius 2 is 1.90 bits per heavy atom. The topological polar surface area (TPSA) is 65.1 Å². The van der Waals surface area contributed by atoms with Crippen LogP contribution in [0.15, 0.2) is 42.2 Å². The van der Waals surface area contributed by atoms with Crippen molar-refractivity contribution < 1.29 is 23.8 Å². The Hall–Kier alpha value is -3.12. The molecule has 2 aromatic rings. The first-order valence-corrected chi connectivity index (χ1v) is 10.8. The molecule has 1 fully saturated rings. The van der Waals surface area contributed by atoms with E-state index in [0.717, 1.165) is 30.8 Å². The van der Waals surface area contributed by atoms with Gasteiger partial charge < -0.3 is 19.1 Å². The lowest BCUT2D eigenvalue weighted by molar-refractivity contribution is -0.144. The Kier molecular flexibility index (Phi) is 6.09. The third-order valence-corrected chi connectivity index (χ3v) is 5.76. The van der Waals surface area contributed by atoms with Gasteiger partial charge >= 0.3 is 5.97 Å². The molecule has 1 atom stereocenters. The lowest BCUT2D eigenvalue weighted by Gasteiger charge is -2.20. The normalized spacial score (nSPS) is 18.7. The summed E-state index contributed by atoms with van der Waals surface area (Å²) in [6.07, 6.45) is 2.73. The number of Topliss-reactive ketones (excluding diaryl/α,β-unsaturated/α-hetero) is 1. The fraction of sp³-hybridized carbons (Fsp3) is 0.360. The van der Waals surface area contributed by atoms with E-state index in [1.165, 1.54) is 0 Å². The summed E-state index contributed by atoms with van der Waals surface area (Å²) < 4.78 is 16.8. The minimum absolute atomic E-state index is 0.178. The van der Waals surface area contributed by atoms with E-state index in [0.29, 0.717) is 35.7 Å². The molecule has 2 aromatic carbocycles. The highest BCUT2D eigenvalue weighted by atomic mass is 16.6. The van der Waals surface area contributed by atoms with Crippen LogP contribution in [0.5, 0.6) is 11.5 Å². The average Bonchev–Trinajstić information content (AvgIpc) is 3.42. The van der Waals surface area contributed by atoms with Gasteiger partial charge in [-0.1, -0.05) is 12.1 Å². The SMILES string of the molecule is CCN(CC)c1ccc(/C=C2\Oc3c(ccc(OC(=O)C4CCCO4)c3C)C2=O)cc1. The molecule has 1 saturated heterocycles. The first-order chi connectivity index (χ1) is 15.0. The fourth-order valence-corrected chi connectivity index (χ4v) is 3.94. The number of anilines is 1. The number of ketones is 1. The van der Waals surface area contributed by atoms with Gasteiger partial charge in [0.1, 0.15) is 11.5 Å². The summed E-state index contributed by atoms with van der Waals surface area (Å²) in [5.74, 6) is 0.499. The largest absolute Gasteiger partial charge is 0.452 e. The van der Waals surface area contributed by atoms with Gasteiger partial charge in [0.25, 0.3) is 0 Å². The number of nitrogens with zero attached hydrogens (tertiary/aromatic N) is 1. The van der Waals surface area contributed by atoms with Crippen molar-refractivity contribution >= 4 is 23.5 Å². The molecule has 2 heterocycles. The zero-order valence-corrected chi connectivity index (χ0v) is 18.1. The standard InChI is InChI=1S/C25H27NO5/c1-4-26(5-2)18-10-8-17(9-11-18)15-22-23(27)19-12-13-20(16(3)24(19)30-22)31-25(28)21-7-6-14-29-21/h8-13,15,21H,4-7,14H2,1-3H3/b22-15-. The summed E-state index contributed by atoms with van der Waals surface area (Å²) >= 11 is 0. The van der Waals surface area contributed by atoms with Crippen molar-refractivity contribution in [2.45, 2.75) is 39.7 Å². The van der Waals surface area contributed by atoms with Gasteiger partial charge in [-0.05, 0) is 69.5 Å². The second-order valence-corrected chi connectivity index (χ2v) is 7.69. The van der Waals surface area contributed by atoms with Crippen molar-refractivity contribution in [3.05, 3.63) is 58.8 Å². The molecule has 0 aliphatic carbocycles. The monoisotopic (exact) mass is 421 g/mol. The van der Waals surface area contributed by atoms with Crippen LogP contribution in [0.4, 0.5) is 5.69 Å². The number of hydrogen-bond donors (Lipinski definition) is 0. The molecule has 0 N–H and O–H groups in total. The van der Waals surface area contributed by atoms with Crippen molar-refractivity contribution in [2.24, 2.45) is 0 Å². The molecule has 0 aromatic heterocycles. The third kappa shape index (κ3) is 4.21. The molecular weight excluding hydrogens is 394 g/mol. The number of hydrogen-bond acceptors (Lipinski definition) is 6. The van der Waals surface area contributed by atoms with Crippen molar-refractivity contribution in [2.75, 3.05) is 24.6 Å². The van der Waals surface area contributed by atoms with Crippen LogP contribution in [0.2, 0.25) is 0 Å². The molecule has 0 spiro atoms. The lowest BCUT2D eigenvalue weighted by Crippen LogP contribution is -2.25. The number of esters is 1. The van der Waals surface area contributed by atoms with Crippen LogP contribution >= 0.6 is 0 Å². The van der Waals surface area contributed by atoms with Gasteiger partial charge in [-0.3, -0.25) is 4.79 Å². The minimum atomic E-state index is -0.523. The zero-order chi connectivity index (χ0) is 22.0. The van der Waals surface area contributed by atoms with Crippen LogP contribution in [-0.2, 0) is 9.53 Å². The Balaban J connectivity index is 1.53. The summed E-state index contributed by atoms with van der Waals surface area (Å²) in [6, 6.07) is 11.3. The molecule has 6 heteroatoms. The minimum Gasteiger partial charge on any atom is -0.452 e. The van der Waals surface area contributed by atoms with Crippen molar-refractivity contribution in [3.63, 3.8) is 0 Å². The molecular formula is C25H27NO5. The average molecular weight is 421 g/mol. The fourth-order valence-electron chi connectivity index (χ4n) is 3.94. The van der Waals surface area contributed by atoms with E-state index in [4.69, 9.17) is 14.2 Å².